The van der Waals surface area contributed by atoms with Gasteiger partial charge in [-0.05, 0) is 47.4 Å². The molecule has 2 unspecified atom stereocenters. The van der Waals surface area contributed by atoms with Crippen molar-refractivity contribution in [1.82, 2.24) is 10.6 Å². The van der Waals surface area contributed by atoms with Crippen molar-refractivity contribution in [3.8, 4) is 11.1 Å². The van der Waals surface area contributed by atoms with Crippen LogP contribution in [0.5, 0.6) is 0 Å². The molecule has 0 aromatic heterocycles. The summed E-state index contributed by atoms with van der Waals surface area (Å²) >= 11 is 0. The summed E-state index contributed by atoms with van der Waals surface area (Å²) in [4.78, 5) is 36.4. The number of ether oxygens (including phenoxy) is 1. The summed E-state index contributed by atoms with van der Waals surface area (Å²) in [5, 5.41) is 14.9. The lowest BCUT2D eigenvalue weighted by molar-refractivity contribution is -0.141. The number of aliphatic carboxylic acids is 1. The van der Waals surface area contributed by atoms with Crippen LogP contribution in [0, 0.1) is 11.8 Å². The lowest BCUT2D eigenvalue weighted by Gasteiger charge is -2.20. The molecule has 2 atom stereocenters. The third-order valence-corrected chi connectivity index (χ3v) is 6.78. The number of hydrogen-bond acceptors (Lipinski definition) is 4. The number of alkyl carbamates (subject to hydrolysis) is 1. The van der Waals surface area contributed by atoms with E-state index in [0.29, 0.717) is 6.42 Å². The van der Waals surface area contributed by atoms with E-state index in [4.69, 9.17) is 4.74 Å². The van der Waals surface area contributed by atoms with E-state index in [1.165, 1.54) is 11.1 Å². The molecule has 180 valence electrons. The number of benzene rings is 2. The van der Waals surface area contributed by atoms with Gasteiger partial charge in [0.15, 0.2) is 0 Å². The number of carbonyl (C=O) groups is 3. The summed E-state index contributed by atoms with van der Waals surface area (Å²) in [6.45, 7) is 2.24. The molecule has 2 aromatic carbocycles. The van der Waals surface area contributed by atoms with E-state index in [1.807, 2.05) is 31.2 Å². The van der Waals surface area contributed by atoms with Crippen LogP contribution in [-0.4, -0.2) is 42.3 Å². The summed E-state index contributed by atoms with van der Waals surface area (Å²) in [6, 6.07) is 16.0. The highest BCUT2D eigenvalue weighted by Gasteiger charge is 2.35. The van der Waals surface area contributed by atoms with Gasteiger partial charge in [0.1, 0.15) is 6.61 Å². The van der Waals surface area contributed by atoms with Crippen molar-refractivity contribution < 1.29 is 24.2 Å². The third-order valence-electron chi connectivity index (χ3n) is 6.78. The Kier molecular flexibility index (Phi) is 7.50. The summed E-state index contributed by atoms with van der Waals surface area (Å²) < 4.78 is 5.63. The van der Waals surface area contributed by atoms with E-state index in [0.717, 1.165) is 30.4 Å². The summed E-state index contributed by atoms with van der Waals surface area (Å²) in [7, 11) is 0. The van der Waals surface area contributed by atoms with E-state index in [1.54, 1.807) is 0 Å². The van der Waals surface area contributed by atoms with Crippen molar-refractivity contribution >= 4 is 18.0 Å². The molecule has 0 radical (unpaired) electrons. The van der Waals surface area contributed by atoms with Gasteiger partial charge in [-0.15, -0.1) is 0 Å². The lowest BCUT2D eigenvalue weighted by atomic mass is 9.98. The molecule has 2 aliphatic carbocycles. The molecule has 0 heterocycles. The van der Waals surface area contributed by atoms with Crippen LogP contribution >= 0.6 is 0 Å². The van der Waals surface area contributed by atoms with Crippen molar-refractivity contribution in [3.63, 3.8) is 0 Å². The third kappa shape index (κ3) is 5.58. The average molecular weight is 465 g/mol. The number of carbonyl (C=O) groups excluding carboxylic acids is 2. The summed E-state index contributed by atoms with van der Waals surface area (Å²) in [6.07, 6.45) is 2.75. The van der Waals surface area contributed by atoms with E-state index in [2.05, 4.69) is 34.9 Å². The molecular formula is C27H32N2O5. The highest BCUT2D eigenvalue weighted by atomic mass is 16.5. The first kappa shape index (κ1) is 23.8. The predicted molar refractivity (Wildman–Crippen MR) is 128 cm³/mol. The van der Waals surface area contributed by atoms with E-state index < -0.39 is 18.0 Å². The Balaban J connectivity index is 1.31. The molecule has 3 N–H and O–H groups in total. The van der Waals surface area contributed by atoms with Crippen LogP contribution < -0.4 is 10.6 Å². The molecule has 4 rings (SSSR count). The second kappa shape index (κ2) is 10.7. The van der Waals surface area contributed by atoms with Gasteiger partial charge in [0.25, 0.3) is 0 Å². The van der Waals surface area contributed by atoms with Crippen molar-refractivity contribution in [3.05, 3.63) is 59.7 Å². The maximum Gasteiger partial charge on any atom is 0.407 e. The molecule has 7 heteroatoms. The Bertz CT molecular complexity index is 1000. The van der Waals surface area contributed by atoms with Crippen LogP contribution in [0.3, 0.4) is 0 Å². The average Bonchev–Trinajstić information content (AvgIpc) is 3.63. The molecule has 2 aromatic rings. The quantitative estimate of drug-likeness (QED) is 0.460. The molecule has 0 saturated heterocycles. The Morgan fingerprint density at radius 3 is 2.21 bits per heavy atom. The van der Waals surface area contributed by atoms with Gasteiger partial charge in [-0.25, -0.2) is 4.79 Å². The van der Waals surface area contributed by atoms with Gasteiger partial charge in [0.2, 0.25) is 5.91 Å². The molecule has 7 nitrogen and oxygen atoms in total. The molecule has 0 aliphatic heterocycles. The van der Waals surface area contributed by atoms with Gasteiger partial charge in [0, 0.05) is 24.9 Å². The van der Waals surface area contributed by atoms with Crippen LogP contribution in [0.25, 0.3) is 11.1 Å². The predicted octanol–water partition coefficient (Wildman–Crippen LogP) is 4.31. The second-order valence-corrected chi connectivity index (χ2v) is 9.25. The Morgan fingerprint density at radius 1 is 1.03 bits per heavy atom. The lowest BCUT2D eigenvalue weighted by Crippen LogP contribution is -2.42. The summed E-state index contributed by atoms with van der Waals surface area (Å²) in [5.74, 6) is -1.52. The minimum atomic E-state index is -0.905. The highest BCUT2D eigenvalue weighted by molar-refractivity contribution is 5.80. The van der Waals surface area contributed by atoms with Gasteiger partial charge in [0.05, 0.1) is 5.92 Å². The molecule has 2 amide bonds. The van der Waals surface area contributed by atoms with E-state index in [9.17, 15) is 19.5 Å². The van der Waals surface area contributed by atoms with Gasteiger partial charge < -0.3 is 20.5 Å². The topological polar surface area (TPSA) is 105 Å². The SMILES string of the molecule is CCCC(CNC(=O)CC(NC(=O)OCC1c2ccccc2-c2ccccc21)C1CC1)C(=O)O. The molecule has 0 bridgehead atoms. The first-order valence-electron chi connectivity index (χ1n) is 12.1. The molecule has 0 spiro atoms. The van der Waals surface area contributed by atoms with Crippen molar-refractivity contribution in [2.45, 2.75) is 51.0 Å². The maximum absolute atomic E-state index is 12.6. The van der Waals surface area contributed by atoms with Gasteiger partial charge in [-0.2, -0.15) is 0 Å². The smallest absolute Gasteiger partial charge is 0.407 e. The fraction of sp³-hybridized carbons (Fsp3) is 0.444. The first-order valence-corrected chi connectivity index (χ1v) is 12.1. The van der Waals surface area contributed by atoms with Crippen molar-refractivity contribution in [2.75, 3.05) is 13.2 Å². The minimum absolute atomic E-state index is 0.0210. The maximum atomic E-state index is 12.6. The number of hydrogen-bond donors (Lipinski definition) is 3. The van der Waals surface area contributed by atoms with Crippen LogP contribution in [0.1, 0.15) is 56.1 Å². The number of nitrogens with one attached hydrogen (secondary N) is 2. The first-order chi connectivity index (χ1) is 16.5. The van der Waals surface area contributed by atoms with Crippen LogP contribution in [0.15, 0.2) is 48.5 Å². The monoisotopic (exact) mass is 464 g/mol. The normalized spacial score (nSPS) is 16.1. The van der Waals surface area contributed by atoms with Crippen LogP contribution in [0.4, 0.5) is 4.79 Å². The van der Waals surface area contributed by atoms with Gasteiger partial charge in [-0.1, -0.05) is 61.9 Å². The molecule has 1 saturated carbocycles. The summed E-state index contributed by atoms with van der Waals surface area (Å²) in [5.41, 5.74) is 4.63. The van der Waals surface area contributed by atoms with Gasteiger partial charge >= 0.3 is 12.1 Å². The number of carboxylic acids is 1. The van der Waals surface area contributed by atoms with E-state index in [-0.39, 0.29) is 43.4 Å². The van der Waals surface area contributed by atoms with E-state index >= 15 is 0 Å². The standard InChI is InChI=1S/C27H32N2O5/c1-2-7-18(26(31)32)15-28-25(30)14-24(17-12-13-17)29-27(33)34-16-23-21-10-5-3-8-19(21)20-9-4-6-11-22(20)23/h3-6,8-11,17-18,23-24H,2,7,12-16H2,1H3,(H,28,30)(H,29,33)(H,31,32). The fourth-order valence-electron chi connectivity index (χ4n) is 4.80. The second-order valence-electron chi connectivity index (χ2n) is 9.25. The number of amides is 2. The number of fused-ring (bicyclic) bond motifs is 3. The highest BCUT2D eigenvalue weighted by Crippen LogP contribution is 2.44. The van der Waals surface area contributed by atoms with Crippen molar-refractivity contribution in [1.29, 1.82) is 0 Å². The zero-order valence-electron chi connectivity index (χ0n) is 19.5. The van der Waals surface area contributed by atoms with Gasteiger partial charge in [-0.3, -0.25) is 9.59 Å². The molecule has 1 fully saturated rings. The number of rotatable bonds is 11. The van der Waals surface area contributed by atoms with Crippen molar-refractivity contribution in [2.24, 2.45) is 11.8 Å². The van der Waals surface area contributed by atoms with Crippen LogP contribution in [0.2, 0.25) is 0 Å². The zero-order chi connectivity index (χ0) is 24.1. The molecule has 2 aliphatic rings. The Labute approximate surface area is 199 Å². The fourth-order valence-corrected chi connectivity index (χ4v) is 4.80. The number of carboxylic acid groups (broad SMARTS) is 1. The molecule has 34 heavy (non-hydrogen) atoms. The Hall–Kier alpha value is -3.35. The minimum Gasteiger partial charge on any atom is -0.481 e. The largest absolute Gasteiger partial charge is 0.481 e. The Morgan fingerprint density at radius 2 is 1.65 bits per heavy atom. The zero-order valence-corrected chi connectivity index (χ0v) is 19.5. The molecular weight excluding hydrogens is 432 g/mol. The van der Waals surface area contributed by atoms with Crippen LogP contribution in [-0.2, 0) is 14.3 Å².